The van der Waals surface area contributed by atoms with E-state index in [1.54, 1.807) is 29.2 Å². The number of esters is 1. The molecule has 0 atom stereocenters. The smallest absolute Gasteiger partial charge is 0.337 e. The van der Waals surface area contributed by atoms with E-state index in [0.717, 1.165) is 17.7 Å². The quantitative estimate of drug-likeness (QED) is 0.468. The van der Waals surface area contributed by atoms with Gasteiger partial charge in [-0.05, 0) is 55.4 Å². The Balaban J connectivity index is 1.92. The molecule has 1 amide bonds. The van der Waals surface area contributed by atoms with Crippen molar-refractivity contribution in [3.05, 3.63) is 64.6 Å². The van der Waals surface area contributed by atoms with E-state index >= 15 is 0 Å². The van der Waals surface area contributed by atoms with E-state index in [0.29, 0.717) is 34.5 Å². The highest BCUT2D eigenvalue weighted by Gasteiger charge is 2.32. The van der Waals surface area contributed by atoms with Gasteiger partial charge in [-0.3, -0.25) is 9.69 Å². The summed E-state index contributed by atoms with van der Waals surface area (Å²) < 4.78 is 10.6. The van der Waals surface area contributed by atoms with Crippen LogP contribution in [0, 0.1) is 0 Å². The van der Waals surface area contributed by atoms with Gasteiger partial charge in [-0.2, -0.15) is 0 Å². The zero-order valence-corrected chi connectivity index (χ0v) is 18.1. The summed E-state index contributed by atoms with van der Waals surface area (Å²) in [6, 6.07) is 14.5. The molecule has 2 aromatic rings. The van der Waals surface area contributed by atoms with Gasteiger partial charge in [-0.1, -0.05) is 31.2 Å². The molecule has 0 radical (unpaired) electrons. The number of para-hydroxylation sites is 1. The molecular weight excluding hydrogens is 400 g/mol. The molecule has 30 heavy (non-hydrogen) atoms. The number of amidine groups is 1. The molecule has 7 heteroatoms. The number of thioether (sulfide) groups is 1. The predicted molar refractivity (Wildman–Crippen MR) is 120 cm³/mol. The first-order chi connectivity index (χ1) is 14.6. The second-order valence-corrected chi connectivity index (χ2v) is 7.49. The van der Waals surface area contributed by atoms with E-state index in [9.17, 15) is 9.59 Å². The molecule has 0 bridgehead atoms. The minimum Gasteiger partial charge on any atom is -0.493 e. The molecule has 0 aliphatic carbocycles. The van der Waals surface area contributed by atoms with Crippen LogP contribution in [0.4, 0.5) is 5.69 Å². The fourth-order valence-corrected chi connectivity index (χ4v) is 3.94. The molecule has 2 aromatic carbocycles. The van der Waals surface area contributed by atoms with Gasteiger partial charge in [0.15, 0.2) is 5.17 Å². The van der Waals surface area contributed by atoms with Crippen LogP contribution in [0.3, 0.4) is 0 Å². The molecule has 0 N–H and O–H groups in total. The van der Waals surface area contributed by atoms with Crippen LogP contribution in [-0.4, -0.2) is 42.2 Å². The Morgan fingerprint density at radius 1 is 1.17 bits per heavy atom. The normalized spacial score (nSPS) is 16.4. The number of carbonyl (C=O) groups is 2. The topological polar surface area (TPSA) is 68.2 Å². The lowest BCUT2D eigenvalue weighted by molar-refractivity contribution is -0.122. The summed E-state index contributed by atoms with van der Waals surface area (Å²) in [6.45, 7) is 5.06. The molecule has 0 unspecified atom stereocenters. The van der Waals surface area contributed by atoms with Crippen molar-refractivity contribution in [2.24, 2.45) is 4.99 Å². The van der Waals surface area contributed by atoms with Crippen LogP contribution in [-0.2, 0) is 9.53 Å². The zero-order valence-electron chi connectivity index (χ0n) is 17.3. The first-order valence-corrected chi connectivity index (χ1v) is 10.6. The number of carbonyl (C=O) groups excluding carboxylic acids is 2. The van der Waals surface area contributed by atoms with E-state index in [1.165, 1.54) is 18.9 Å². The van der Waals surface area contributed by atoms with Crippen molar-refractivity contribution in [1.29, 1.82) is 0 Å². The van der Waals surface area contributed by atoms with E-state index < -0.39 is 5.97 Å². The third kappa shape index (κ3) is 4.91. The summed E-state index contributed by atoms with van der Waals surface area (Å²) in [7, 11) is 1.34. The van der Waals surface area contributed by atoms with Gasteiger partial charge in [-0.15, -0.1) is 0 Å². The summed E-state index contributed by atoms with van der Waals surface area (Å²) in [5.74, 6) is 0.221. The van der Waals surface area contributed by atoms with E-state index in [4.69, 9.17) is 9.47 Å². The van der Waals surface area contributed by atoms with Crippen LogP contribution in [0.1, 0.15) is 36.2 Å². The van der Waals surface area contributed by atoms with Crippen molar-refractivity contribution in [3.8, 4) is 5.75 Å². The molecular formula is C23H24N2O4S. The fraction of sp³-hybridized carbons (Fsp3) is 0.261. The summed E-state index contributed by atoms with van der Waals surface area (Å²) >= 11 is 1.31. The van der Waals surface area contributed by atoms with Gasteiger partial charge < -0.3 is 9.47 Å². The average Bonchev–Trinajstić information content (AvgIpc) is 3.06. The van der Waals surface area contributed by atoms with E-state index in [2.05, 4.69) is 11.9 Å². The lowest BCUT2D eigenvalue weighted by Crippen LogP contribution is -2.28. The monoisotopic (exact) mass is 424 g/mol. The van der Waals surface area contributed by atoms with Gasteiger partial charge in [0, 0.05) is 12.1 Å². The Morgan fingerprint density at radius 2 is 1.97 bits per heavy atom. The second-order valence-electron chi connectivity index (χ2n) is 6.48. The van der Waals surface area contributed by atoms with E-state index in [1.807, 2.05) is 37.3 Å². The van der Waals surface area contributed by atoms with Crippen molar-refractivity contribution < 1.29 is 19.1 Å². The Morgan fingerprint density at radius 3 is 2.70 bits per heavy atom. The van der Waals surface area contributed by atoms with Crippen LogP contribution in [0.25, 0.3) is 6.08 Å². The molecule has 0 spiro atoms. The minimum atomic E-state index is -0.427. The third-order valence-corrected chi connectivity index (χ3v) is 5.37. The maximum absolute atomic E-state index is 12.9. The molecule has 1 aliphatic rings. The molecule has 156 valence electrons. The number of benzene rings is 2. The SMILES string of the molecule is CCCOc1ccccc1C=C1SC(=Nc2cccc(C(=O)OC)c2)N(CC)C1=O. The Labute approximate surface area is 180 Å². The molecule has 1 heterocycles. The molecule has 6 nitrogen and oxygen atoms in total. The van der Waals surface area contributed by atoms with Gasteiger partial charge in [0.05, 0.1) is 29.9 Å². The number of hydrogen-bond donors (Lipinski definition) is 0. The predicted octanol–water partition coefficient (Wildman–Crippen LogP) is 4.89. The standard InChI is InChI=1S/C23H24N2O4S/c1-4-13-29-19-12-7-6-9-16(19)15-20-21(26)25(5-2)23(30-20)24-18-11-8-10-17(14-18)22(27)28-3/h6-12,14-15H,4-5,13H2,1-3H3. The van der Waals surface area contributed by atoms with Crippen molar-refractivity contribution >= 4 is 40.6 Å². The highest BCUT2D eigenvalue weighted by Crippen LogP contribution is 2.35. The second kappa shape index (κ2) is 10.1. The first kappa shape index (κ1) is 21.6. The summed E-state index contributed by atoms with van der Waals surface area (Å²) in [4.78, 5) is 31.5. The molecule has 0 aromatic heterocycles. The summed E-state index contributed by atoms with van der Waals surface area (Å²) in [6.07, 6.45) is 2.75. The fourth-order valence-electron chi connectivity index (χ4n) is 2.89. The Hall–Kier alpha value is -3.06. The molecule has 1 fully saturated rings. The first-order valence-electron chi connectivity index (χ1n) is 9.77. The maximum atomic E-state index is 12.9. The van der Waals surface area contributed by atoms with E-state index in [-0.39, 0.29) is 5.91 Å². The molecule has 3 rings (SSSR count). The molecule has 0 saturated carbocycles. The third-order valence-electron chi connectivity index (χ3n) is 4.36. The number of amides is 1. The van der Waals surface area contributed by atoms with Crippen molar-refractivity contribution in [2.45, 2.75) is 20.3 Å². The van der Waals surface area contributed by atoms with Crippen LogP contribution in [0.5, 0.6) is 5.75 Å². The lowest BCUT2D eigenvalue weighted by Gasteiger charge is -2.12. The Bertz CT molecular complexity index is 1000. The van der Waals surface area contributed by atoms with Crippen molar-refractivity contribution in [2.75, 3.05) is 20.3 Å². The van der Waals surface area contributed by atoms with Gasteiger partial charge in [0.2, 0.25) is 0 Å². The Kier molecular flexibility index (Phi) is 7.30. The van der Waals surface area contributed by atoms with Crippen molar-refractivity contribution in [3.63, 3.8) is 0 Å². The van der Waals surface area contributed by atoms with Crippen LogP contribution in [0.15, 0.2) is 58.4 Å². The molecule has 1 saturated heterocycles. The largest absolute Gasteiger partial charge is 0.493 e. The highest BCUT2D eigenvalue weighted by molar-refractivity contribution is 8.18. The van der Waals surface area contributed by atoms with Crippen molar-refractivity contribution in [1.82, 2.24) is 4.90 Å². The molecule has 1 aliphatic heterocycles. The van der Waals surface area contributed by atoms with Crippen LogP contribution >= 0.6 is 11.8 Å². The number of methoxy groups -OCH3 is 1. The highest BCUT2D eigenvalue weighted by atomic mass is 32.2. The lowest BCUT2D eigenvalue weighted by atomic mass is 10.2. The number of rotatable bonds is 7. The van der Waals surface area contributed by atoms with Gasteiger partial charge >= 0.3 is 5.97 Å². The van der Waals surface area contributed by atoms with Gasteiger partial charge in [0.1, 0.15) is 5.75 Å². The maximum Gasteiger partial charge on any atom is 0.337 e. The van der Waals surface area contributed by atoms with Gasteiger partial charge in [0.25, 0.3) is 5.91 Å². The van der Waals surface area contributed by atoms with Crippen LogP contribution in [0.2, 0.25) is 0 Å². The number of aliphatic imine (C=N–C) groups is 1. The number of ether oxygens (including phenoxy) is 2. The number of likely N-dealkylation sites (N-methyl/N-ethyl adjacent to an activating group) is 1. The minimum absolute atomic E-state index is 0.101. The summed E-state index contributed by atoms with van der Waals surface area (Å²) in [5.41, 5.74) is 1.85. The number of hydrogen-bond acceptors (Lipinski definition) is 6. The zero-order chi connectivity index (χ0) is 21.5. The van der Waals surface area contributed by atoms with Gasteiger partial charge in [-0.25, -0.2) is 9.79 Å². The number of nitrogens with zero attached hydrogens (tertiary/aromatic N) is 2. The van der Waals surface area contributed by atoms with Crippen LogP contribution < -0.4 is 4.74 Å². The average molecular weight is 425 g/mol. The summed E-state index contributed by atoms with van der Waals surface area (Å²) in [5, 5.41) is 0.572.